The minimum atomic E-state index is -0.418. The van der Waals surface area contributed by atoms with Crippen molar-refractivity contribution in [2.75, 3.05) is 30.4 Å². The molecule has 1 fully saturated rings. The van der Waals surface area contributed by atoms with E-state index >= 15 is 0 Å². The van der Waals surface area contributed by atoms with Gasteiger partial charge in [0.05, 0.1) is 11.7 Å². The van der Waals surface area contributed by atoms with Crippen LogP contribution in [0.15, 0.2) is 72.8 Å². The fourth-order valence-corrected chi connectivity index (χ4v) is 3.94. The zero-order chi connectivity index (χ0) is 22.5. The maximum absolute atomic E-state index is 13.2. The van der Waals surface area contributed by atoms with Gasteiger partial charge in [-0.3, -0.25) is 9.59 Å². The van der Waals surface area contributed by atoms with Crippen molar-refractivity contribution in [3.8, 4) is 0 Å². The molecular formula is C26H25FN2O3. The third-order valence-electron chi connectivity index (χ3n) is 5.79. The minimum absolute atomic E-state index is 0.271. The molecule has 3 aromatic rings. The molecule has 0 aromatic heterocycles. The number of carbonyl (C=O) groups is 2. The fourth-order valence-electron chi connectivity index (χ4n) is 3.94. The molecule has 1 saturated heterocycles. The summed E-state index contributed by atoms with van der Waals surface area (Å²) in [6.07, 6.45) is 2.31. The highest BCUT2D eigenvalue weighted by Gasteiger charge is 2.20. The van der Waals surface area contributed by atoms with Crippen LogP contribution in [0.1, 0.15) is 39.1 Å². The number of methoxy groups -OCH3 is 1. The molecule has 0 bridgehead atoms. The quantitative estimate of drug-likeness (QED) is 0.562. The van der Waals surface area contributed by atoms with Crippen molar-refractivity contribution in [2.24, 2.45) is 0 Å². The Morgan fingerprint density at radius 1 is 0.906 bits per heavy atom. The summed E-state index contributed by atoms with van der Waals surface area (Å²) in [4.78, 5) is 28.1. The molecule has 1 aliphatic heterocycles. The van der Waals surface area contributed by atoms with Gasteiger partial charge in [0.15, 0.2) is 5.78 Å². The molecule has 0 spiro atoms. The van der Waals surface area contributed by atoms with Gasteiger partial charge in [-0.25, -0.2) is 4.39 Å². The first-order valence-electron chi connectivity index (χ1n) is 10.6. The molecule has 1 amide bonds. The molecule has 0 atom stereocenters. The monoisotopic (exact) mass is 432 g/mol. The number of ether oxygens (including phenoxy) is 1. The second kappa shape index (κ2) is 9.75. The molecule has 0 radical (unpaired) electrons. The molecule has 4 rings (SSSR count). The van der Waals surface area contributed by atoms with Crippen LogP contribution >= 0.6 is 0 Å². The van der Waals surface area contributed by atoms with E-state index in [1.165, 1.54) is 24.3 Å². The lowest BCUT2D eigenvalue weighted by molar-refractivity contribution is 0.0819. The van der Waals surface area contributed by atoms with Crippen LogP contribution in [0.4, 0.5) is 15.8 Å². The normalized spacial score (nSPS) is 14.2. The van der Waals surface area contributed by atoms with E-state index in [0.29, 0.717) is 17.4 Å². The number of anilines is 2. The molecule has 6 heteroatoms. The Hall–Kier alpha value is -3.51. The molecule has 3 aromatic carbocycles. The second-order valence-corrected chi connectivity index (χ2v) is 7.80. The number of ketones is 1. The number of piperidine rings is 1. The Morgan fingerprint density at radius 2 is 1.53 bits per heavy atom. The number of halogens is 1. The van der Waals surface area contributed by atoms with Crippen LogP contribution < -0.4 is 10.2 Å². The summed E-state index contributed by atoms with van der Waals surface area (Å²) < 4.78 is 18.6. The van der Waals surface area contributed by atoms with Gasteiger partial charge in [0, 0.05) is 42.7 Å². The molecule has 0 unspecified atom stereocenters. The highest BCUT2D eigenvalue weighted by atomic mass is 19.1. The number of carbonyl (C=O) groups excluding carboxylic acids is 2. The molecule has 1 aliphatic rings. The Morgan fingerprint density at radius 3 is 2.16 bits per heavy atom. The lowest BCUT2D eigenvalue weighted by Crippen LogP contribution is -2.36. The summed E-state index contributed by atoms with van der Waals surface area (Å²) in [7, 11) is 1.75. The van der Waals surface area contributed by atoms with Crippen LogP contribution in [-0.2, 0) is 4.74 Å². The molecule has 1 N–H and O–H groups in total. The standard InChI is InChI=1S/C26H25FN2O3/c1-32-22-14-16-29(17-15-22)21-12-10-20(11-13-21)28-26(31)24-5-3-2-4-23(24)25(30)18-6-8-19(27)9-7-18/h2-13,22H,14-17H2,1H3,(H,28,31). The number of hydrogen-bond donors (Lipinski definition) is 1. The Kier molecular flexibility index (Phi) is 6.61. The average molecular weight is 432 g/mol. The number of nitrogens with one attached hydrogen (secondary N) is 1. The van der Waals surface area contributed by atoms with Crippen LogP contribution in [0.3, 0.4) is 0 Å². The third-order valence-corrected chi connectivity index (χ3v) is 5.79. The van der Waals surface area contributed by atoms with Crippen LogP contribution in [0.5, 0.6) is 0 Å². The van der Waals surface area contributed by atoms with Gasteiger partial charge in [0.1, 0.15) is 5.82 Å². The highest BCUT2D eigenvalue weighted by molar-refractivity contribution is 6.17. The smallest absolute Gasteiger partial charge is 0.256 e. The van der Waals surface area contributed by atoms with E-state index < -0.39 is 5.82 Å². The van der Waals surface area contributed by atoms with Crippen molar-refractivity contribution in [1.82, 2.24) is 0 Å². The van der Waals surface area contributed by atoms with Crippen LogP contribution in [0.25, 0.3) is 0 Å². The van der Waals surface area contributed by atoms with E-state index in [4.69, 9.17) is 4.74 Å². The summed E-state index contributed by atoms with van der Waals surface area (Å²) in [5, 5.41) is 2.87. The van der Waals surface area contributed by atoms with Gasteiger partial charge in [-0.15, -0.1) is 0 Å². The molecule has 5 nitrogen and oxygen atoms in total. The molecule has 0 saturated carbocycles. The number of nitrogens with zero attached hydrogens (tertiary/aromatic N) is 1. The van der Waals surface area contributed by atoms with E-state index in [0.717, 1.165) is 31.6 Å². The molecular weight excluding hydrogens is 407 g/mol. The minimum Gasteiger partial charge on any atom is -0.381 e. The number of benzene rings is 3. The summed E-state index contributed by atoms with van der Waals surface area (Å²) in [5.41, 5.74) is 2.62. The Labute approximate surface area is 186 Å². The maximum Gasteiger partial charge on any atom is 0.256 e. The van der Waals surface area contributed by atoms with Crippen molar-refractivity contribution >= 4 is 23.1 Å². The van der Waals surface area contributed by atoms with Gasteiger partial charge in [0.25, 0.3) is 5.91 Å². The topological polar surface area (TPSA) is 58.6 Å². The first kappa shape index (κ1) is 21.7. The number of hydrogen-bond acceptors (Lipinski definition) is 4. The lowest BCUT2D eigenvalue weighted by atomic mass is 9.98. The number of rotatable bonds is 6. The van der Waals surface area contributed by atoms with Gasteiger partial charge >= 0.3 is 0 Å². The summed E-state index contributed by atoms with van der Waals surface area (Å²) in [6, 6.07) is 19.6. The maximum atomic E-state index is 13.2. The summed E-state index contributed by atoms with van der Waals surface area (Å²) in [6.45, 7) is 1.87. The van der Waals surface area contributed by atoms with Crippen molar-refractivity contribution in [2.45, 2.75) is 18.9 Å². The van der Waals surface area contributed by atoms with E-state index in [1.807, 2.05) is 24.3 Å². The predicted molar refractivity (Wildman–Crippen MR) is 123 cm³/mol. The first-order chi connectivity index (χ1) is 15.5. The number of amides is 1. The van der Waals surface area contributed by atoms with Crippen molar-refractivity contribution in [3.63, 3.8) is 0 Å². The van der Waals surface area contributed by atoms with E-state index in [1.54, 1.807) is 31.4 Å². The van der Waals surface area contributed by atoms with Crippen LogP contribution in [0, 0.1) is 5.82 Å². The first-order valence-corrected chi connectivity index (χ1v) is 10.6. The molecule has 1 heterocycles. The Bertz CT molecular complexity index is 1090. The van der Waals surface area contributed by atoms with Gasteiger partial charge in [-0.1, -0.05) is 18.2 Å². The zero-order valence-corrected chi connectivity index (χ0v) is 17.9. The Balaban J connectivity index is 1.46. The summed E-state index contributed by atoms with van der Waals surface area (Å²) >= 11 is 0. The molecule has 32 heavy (non-hydrogen) atoms. The van der Waals surface area contributed by atoms with Gasteiger partial charge in [-0.05, 0) is 67.4 Å². The third kappa shape index (κ3) is 4.86. The lowest BCUT2D eigenvalue weighted by Gasteiger charge is -2.33. The van der Waals surface area contributed by atoms with Gasteiger partial charge in [0.2, 0.25) is 0 Å². The van der Waals surface area contributed by atoms with Crippen molar-refractivity contribution < 1.29 is 18.7 Å². The SMILES string of the molecule is COC1CCN(c2ccc(NC(=O)c3ccccc3C(=O)c3ccc(F)cc3)cc2)CC1. The predicted octanol–water partition coefficient (Wildman–Crippen LogP) is 4.92. The van der Waals surface area contributed by atoms with Crippen LogP contribution in [0.2, 0.25) is 0 Å². The highest BCUT2D eigenvalue weighted by Crippen LogP contribution is 2.24. The van der Waals surface area contributed by atoms with Crippen molar-refractivity contribution in [1.29, 1.82) is 0 Å². The summed E-state index contributed by atoms with van der Waals surface area (Å²) in [5.74, 6) is -1.12. The fraction of sp³-hybridized carbons (Fsp3) is 0.231. The zero-order valence-electron chi connectivity index (χ0n) is 17.9. The largest absolute Gasteiger partial charge is 0.381 e. The van der Waals surface area contributed by atoms with Crippen molar-refractivity contribution in [3.05, 3.63) is 95.3 Å². The molecule has 0 aliphatic carbocycles. The van der Waals surface area contributed by atoms with Gasteiger partial charge in [-0.2, -0.15) is 0 Å². The van der Waals surface area contributed by atoms with E-state index in [-0.39, 0.29) is 22.8 Å². The van der Waals surface area contributed by atoms with E-state index in [9.17, 15) is 14.0 Å². The van der Waals surface area contributed by atoms with Crippen LogP contribution in [-0.4, -0.2) is 38.0 Å². The second-order valence-electron chi connectivity index (χ2n) is 7.80. The molecule has 164 valence electrons. The van der Waals surface area contributed by atoms with E-state index in [2.05, 4.69) is 10.2 Å². The average Bonchev–Trinajstić information content (AvgIpc) is 2.84. The van der Waals surface area contributed by atoms with Gasteiger partial charge < -0.3 is 15.0 Å².